The Morgan fingerprint density at radius 3 is 1.38 bits per heavy atom. The lowest BCUT2D eigenvalue weighted by atomic mass is 10.5. The first-order valence-electron chi connectivity index (χ1n) is 11.9. The number of nitrogens with zero attached hydrogens (tertiary/aromatic N) is 6. The van der Waals surface area contributed by atoms with Crippen molar-refractivity contribution in [3.8, 4) is 0 Å². The van der Waals surface area contributed by atoms with Gasteiger partial charge in [-0.3, -0.25) is 18.2 Å². The highest BCUT2D eigenvalue weighted by atomic mass is 79.9. The molecule has 2 rings (SSSR count). The molecule has 0 radical (unpaired) electrons. The van der Waals surface area contributed by atoms with Gasteiger partial charge in [-0.05, 0) is 9.85 Å². The molecule has 4 N–H and O–H groups in total. The van der Waals surface area contributed by atoms with Crippen LogP contribution < -0.4 is 20.3 Å². The van der Waals surface area contributed by atoms with E-state index in [1.165, 1.54) is 35.6 Å². The van der Waals surface area contributed by atoms with Gasteiger partial charge in [-0.1, -0.05) is 41.8 Å². The molecule has 0 aliphatic rings. The van der Waals surface area contributed by atoms with E-state index in [-0.39, 0.29) is 50.0 Å². The number of nitro groups is 2. The summed E-state index contributed by atoms with van der Waals surface area (Å²) in [6, 6.07) is 0. The van der Waals surface area contributed by atoms with Crippen LogP contribution in [0.5, 0.6) is 0 Å². The van der Waals surface area contributed by atoms with Crippen molar-refractivity contribution in [1.82, 2.24) is 39.5 Å². The fraction of sp³-hybridized carbons (Fsp3) is 0.667. The van der Waals surface area contributed by atoms with Crippen molar-refractivity contribution in [1.29, 1.82) is 0 Å². The van der Waals surface area contributed by atoms with Gasteiger partial charge >= 0.3 is 27.2 Å². The number of alkyl halides is 4. The van der Waals surface area contributed by atoms with Crippen LogP contribution in [0.15, 0.2) is 12.4 Å². The maximum atomic E-state index is 12.5. The SMILES string of the molecule is Cn1c(COP(=O)(NCCBr)NCCBr)cnc1[N+](=O)[O-].Cn1c(COP(=O)(NCCCl)NCCCl)cnc1[N+](=O)[O-]. The summed E-state index contributed by atoms with van der Waals surface area (Å²) >= 11 is 17.5. The third kappa shape index (κ3) is 13.3. The summed E-state index contributed by atoms with van der Waals surface area (Å²) in [5.74, 6) is -0.0867. The van der Waals surface area contributed by atoms with Crippen LogP contribution in [-0.2, 0) is 45.5 Å². The van der Waals surface area contributed by atoms with Crippen LogP contribution in [0.1, 0.15) is 11.4 Å². The second-order valence-corrected chi connectivity index (χ2v) is 14.1. The molecule has 2 heterocycles. The Hall–Kier alpha value is -1.02. The Kier molecular flexibility index (Phi) is 18.7. The molecule has 0 spiro atoms. The zero-order valence-corrected chi connectivity index (χ0v) is 29.1. The summed E-state index contributed by atoms with van der Waals surface area (Å²) in [5.41, 5.74) is 0.880. The standard InChI is InChI=1S/C9H16Br2N5O4P.C9H16Cl2N5O4P/c2*1-15-8(6-12-9(15)16(17)18)7-20-21(19,13-4-2-10)14-5-3-11/h2*6H,2-5,7H2,1H3,(H2,13,14,19). The molecule has 0 aromatic carbocycles. The molecule has 0 unspecified atom stereocenters. The fourth-order valence-corrected chi connectivity index (χ4v) is 7.14. The molecule has 0 fully saturated rings. The highest BCUT2D eigenvalue weighted by Crippen LogP contribution is 2.39. The van der Waals surface area contributed by atoms with Gasteiger partial charge in [0.1, 0.15) is 37.0 Å². The summed E-state index contributed by atoms with van der Waals surface area (Å²) in [4.78, 5) is 27.5. The summed E-state index contributed by atoms with van der Waals surface area (Å²) in [5, 5.41) is 33.6. The number of imidazole rings is 2. The fourth-order valence-electron chi connectivity index (χ4n) is 2.84. The average Bonchev–Trinajstić information content (AvgIpc) is 3.53. The number of aromatic nitrogens is 4. The number of hydrogen-bond donors (Lipinski definition) is 4. The van der Waals surface area contributed by atoms with Crippen LogP contribution in [0, 0.1) is 20.2 Å². The van der Waals surface area contributed by atoms with E-state index in [2.05, 4.69) is 62.2 Å². The molecule has 24 heteroatoms. The molecule has 0 saturated heterocycles. The molecule has 0 amide bonds. The lowest BCUT2D eigenvalue weighted by molar-refractivity contribution is -0.396. The first-order chi connectivity index (χ1) is 19.9. The van der Waals surface area contributed by atoms with Crippen molar-refractivity contribution in [2.75, 3.05) is 48.6 Å². The van der Waals surface area contributed by atoms with Crippen molar-refractivity contribution >= 4 is 82.3 Å². The molecule has 0 atom stereocenters. The predicted octanol–water partition coefficient (Wildman–Crippen LogP) is 3.53. The molecular formula is C18H32Br2Cl2N10O8P2. The van der Waals surface area contributed by atoms with Crippen LogP contribution in [-0.4, -0.2) is 77.5 Å². The minimum Gasteiger partial charge on any atom is -0.390 e. The maximum Gasteiger partial charge on any atom is 0.434 e. The van der Waals surface area contributed by atoms with Crippen molar-refractivity contribution in [3.05, 3.63) is 44.0 Å². The van der Waals surface area contributed by atoms with Crippen LogP contribution in [0.4, 0.5) is 11.9 Å². The Bertz CT molecular complexity index is 1120. The molecule has 2 aromatic rings. The summed E-state index contributed by atoms with van der Waals surface area (Å²) < 4.78 is 38.2. The number of halogens is 4. The summed E-state index contributed by atoms with van der Waals surface area (Å²) in [6.07, 6.45) is 2.63. The molecular weight excluding hydrogens is 777 g/mol. The molecule has 240 valence electrons. The van der Waals surface area contributed by atoms with Crippen molar-refractivity contribution in [2.45, 2.75) is 13.2 Å². The van der Waals surface area contributed by atoms with E-state index >= 15 is 0 Å². The summed E-state index contributed by atoms with van der Waals surface area (Å²) in [7, 11) is -3.57. The zero-order chi connectivity index (χ0) is 31.8. The molecule has 42 heavy (non-hydrogen) atoms. The van der Waals surface area contributed by atoms with Crippen molar-refractivity contribution < 1.29 is 28.0 Å². The Morgan fingerprint density at radius 2 is 1.12 bits per heavy atom. The highest BCUT2D eigenvalue weighted by Gasteiger charge is 2.26. The minimum absolute atomic E-state index is 0.0564. The molecule has 18 nitrogen and oxygen atoms in total. The van der Waals surface area contributed by atoms with Gasteiger partial charge in [0, 0.05) is 48.6 Å². The van der Waals surface area contributed by atoms with Crippen LogP contribution in [0.25, 0.3) is 0 Å². The second-order valence-electron chi connectivity index (χ2n) is 7.77. The largest absolute Gasteiger partial charge is 0.434 e. The van der Waals surface area contributed by atoms with Crippen LogP contribution in [0.3, 0.4) is 0 Å². The van der Waals surface area contributed by atoms with E-state index in [1.54, 1.807) is 0 Å². The van der Waals surface area contributed by atoms with Gasteiger partial charge in [0.2, 0.25) is 0 Å². The minimum atomic E-state index is -3.33. The van der Waals surface area contributed by atoms with Gasteiger partial charge in [0.05, 0.1) is 14.1 Å². The van der Waals surface area contributed by atoms with E-state index in [9.17, 15) is 29.4 Å². The van der Waals surface area contributed by atoms with Gasteiger partial charge in [0.25, 0.3) is 0 Å². The lowest BCUT2D eigenvalue weighted by Gasteiger charge is -2.19. The molecule has 2 aromatic heterocycles. The van der Waals surface area contributed by atoms with Crippen molar-refractivity contribution in [2.24, 2.45) is 14.1 Å². The Balaban J connectivity index is 0.000000420. The first-order valence-corrected chi connectivity index (χ1v) is 18.5. The predicted molar refractivity (Wildman–Crippen MR) is 166 cm³/mol. The van der Waals surface area contributed by atoms with Gasteiger partial charge in [-0.25, -0.2) is 29.5 Å². The smallest absolute Gasteiger partial charge is 0.390 e. The number of nitrogens with one attached hydrogen (secondary N) is 4. The zero-order valence-electron chi connectivity index (χ0n) is 22.6. The molecule has 0 bridgehead atoms. The normalized spacial score (nSPS) is 11.8. The summed E-state index contributed by atoms with van der Waals surface area (Å²) in [6.45, 7) is 1.30. The van der Waals surface area contributed by atoms with E-state index in [0.717, 1.165) is 0 Å². The van der Waals surface area contributed by atoms with Crippen LogP contribution >= 0.6 is 70.4 Å². The quantitative estimate of drug-likeness (QED) is 0.0651. The van der Waals surface area contributed by atoms with E-state index in [1.807, 2.05) is 0 Å². The van der Waals surface area contributed by atoms with Crippen molar-refractivity contribution in [3.63, 3.8) is 0 Å². The Morgan fingerprint density at radius 1 is 0.786 bits per heavy atom. The molecule has 0 aliphatic carbocycles. The maximum absolute atomic E-state index is 12.5. The van der Waals surface area contributed by atoms with E-state index < -0.39 is 25.2 Å². The van der Waals surface area contributed by atoms with Gasteiger partial charge in [-0.2, -0.15) is 0 Å². The first kappa shape index (κ1) is 39.0. The van der Waals surface area contributed by atoms with Crippen LogP contribution in [0.2, 0.25) is 0 Å². The topological polar surface area (TPSA) is 223 Å². The van der Waals surface area contributed by atoms with Gasteiger partial charge < -0.3 is 20.2 Å². The third-order valence-electron chi connectivity index (χ3n) is 4.89. The highest BCUT2D eigenvalue weighted by molar-refractivity contribution is 9.09. The average molecular weight is 809 g/mol. The molecule has 0 aliphatic heterocycles. The third-order valence-corrected chi connectivity index (χ3v) is 9.61. The van der Waals surface area contributed by atoms with E-state index in [4.69, 9.17) is 32.2 Å². The second kappa shape index (κ2) is 20.1. The number of rotatable bonds is 20. The van der Waals surface area contributed by atoms with Gasteiger partial charge in [0.15, 0.2) is 0 Å². The van der Waals surface area contributed by atoms with E-state index in [0.29, 0.717) is 35.1 Å². The molecule has 0 saturated carbocycles. The lowest BCUT2D eigenvalue weighted by Crippen LogP contribution is -2.27. The van der Waals surface area contributed by atoms with Gasteiger partial charge in [-0.15, -0.1) is 23.2 Å². The monoisotopic (exact) mass is 806 g/mol. The number of hydrogen-bond acceptors (Lipinski definition) is 10. The Labute approximate surface area is 268 Å².